The van der Waals surface area contributed by atoms with Gasteiger partial charge >= 0.3 is 0 Å². The van der Waals surface area contributed by atoms with Crippen LogP contribution in [-0.2, 0) is 13.0 Å². The van der Waals surface area contributed by atoms with Crippen LogP contribution in [-0.4, -0.2) is 21.7 Å². The number of nitrogens with zero attached hydrogens (tertiary/aromatic N) is 3. The van der Waals surface area contributed by atoms with Crippen molar-refractivity contribution < 1.29 is 4.52 Å². The van der Waals surface area contributed by atoms with Gasteiger partial charge in [0, 0.05) is 18.3 Å². The SMILES string of the molecule is Cc1noc(-c2ccc(-c3cccc4c3CCNC4)nc2)n1. The largest absolute Gasteiger partial charge is 0.334 e. The van der Waals surface area contributed by atoms with E-state index in [-0.39, 0.29) is 0 Å². The van der Waals surface area contributed by atoms with Crippen LogP contribution in [0.2, 0.25) is 0 Å². The predicted octanol–water partition coefficient (Wildman–Crippen LogP) is 2.75. The highest BCUT2D eigenvalue weighted by Crippen LogP contribution is 2.28. The monoisotopic (exact) mass is 292 g/mol. The third-order valence-corrected chi connectivity index (χ3v) is 3.95. The van der Waals surface area contributed by atoms with Crippen molar-refractivity contribution in [3.63, 3.8) is 0 Å². The highest BCUT2D eigenvalue weighted by atomic mass is 16.5. The van der Waals surface area contributed by atoms with Crippen LogP contribution < -0.4 is 5.32 Å². The van der Waals surface area contributed by atoms with E-state index in [0.717, 1.165) is 30.8 Å². The molecular formula is C17H16N4O. The van der Waals surface area contributed by atoms with Gasteiger partial charge in [0.1, 0.15) is 0 Å². The van der Waals surface area contributed by atoms with Crippen LogP contribution in [0.3, 0.4) is 0 Å². The number of fused-ring (bicyclic) bond motifs is 1. The molecule has 2 aromatic heterocycles. The Bertz CT molecular complexity index is 808. The summed E-state index contributed by atoms with van der Waals surface area (Å²) in [6.07, 6.45) is 2.83. The maximum absolute atomic E-state index is 5.18. The van der Waals surface area contributed by atoms with Gasteiger partial charge in [-0.3, -0.25) is 4.98 Å². The molecule has 0 saturated heterocycles. The topological polar surface area (TPSA) is 63.8 Å². The number of aryl methyl sites for hydroxylation is 1. The number of aromatic nitrogens is 3. The van der Waals surface area contributed by atoms with Gasteiger partial charge in [0.15, 0.2) is 5.82 Å². The molecule has 1 aliphatic rings. The van der Waals surface area contributed by atoms with Crippen LogP contribution in [0.5, 0.6) is 0 Å². The Kier molecular flexibility index (Phi) is 3.20. The summed E-state index contributed by atoms with van der Waals surface area (Å²) in [6, 6.07) is 10.4. The highest BCUT2D eigenvalue weighted by molar-refractivity contribution is 5.67. The maximum atomic E-state index is 5.18. The zero-order valence-corrected chi connectivity index (χ0v) is 12.3. The summed E-state index contributed by atoms with van der Waals surface area (Å²) in [5, 5.41) is 7.21. The zero-order valence-electron chi connectivity index (χ0n) is 12.3. The van der Waals surface area contributed by atoms with Crippen LogP contribution in [0.4, 0.5) is 0 Å². The Hall–Kier alpha value is -2.53. The fourth-order valence-electron chi connectivity index (χ4n) is 2.87. The molecule has 5 nitrogen and oxygen atoms in total. The second-order valence-corrected chi connectivity index (χ2v) is 5.45. The lowest BCUT2D eigenvalue weighted by Gasteiger charge is -2.20. The normalized spacial score (nSPS) is 13.9. The molecule has 3 heterocycles. The minimum absolute atomic E-state index is 0.510. The molecule has 0 aliphatic carbocycles. The van der Waals surface area contributed by atoms with E-state index in [2.05, 4.69) is 38.6 Å². The molecule has 110 valence electrons. The van der Waals surface area contributed by atoms with E-state index in [1.54, 1.807) is 13.1 Å². The Balaban J connectivity index is 1.72. The number of rotatable bonds is 2. The number of hydrogen-bond acceptors (Lipinski definition) is 5. The summed E-state index contributed by atoms with van der Waals surface area (Å²) in [5.74, 6) is 1.14. The van der Waals surface area contributed by atoms with Crippen LogP contribution >= 0.6 is 0 Å². The summed E-state index contributed by atoms with van der Waals surface area (Å²) >= 11 is 0. The smallest absolute Gasteiger partial charge is 0.259 e. The van der Waals surface area contributed by atoms with Gasteiger partial charge in [-0.1, -0.05) is 23.4 Å². The summed E-state index contributed by atoms with van der Waals surface area (Å²) in [6.45, 7) is 3.75. The Morgan fingerprint density at radius 2 is 2.14 bits per heavy atom. The van der Waals surface area contributed by atoms with Crippen molar-refractivity contribution in [2.24, 2.45) is 0 Å². The molecule has 0 atom stereocenters. The molecule has 0 amide bonds. The van der Waals surface area contributed by atoms with Gasteiger partial charge in [0.05, 0.1) is 11.3 Å². The minimum Gasteiger partial charge on any atom is -0.334 e. The first kappa shape index (κ1) is 13.2. The molecule has 0 unspecified atom stereocenters. The molecule has 0 fully saturated rings. The zero-order chi connectivity index (χ0) is 14.9. The lowest BCUT2D eigenvalue weighted by molar-refractivity contribution is 0.425. The third kappa shape index (κ3) is 2.29. The van der Waals surface area contributed by atoms with Crippen molar-refractivity contribution >= 4 is 0 Å². The lowest BCUT2D eigenvalue weighted by Crippen LogP contribution is -2.24. The number of benzene rings is 1. The van der Waals surface area contributed by atoms with E-state index >= 15 is 0 Å². The summed E-state index contributed by atoms with van der Waals surface area (Å²) in [5.41, 5.74) is 5.80. The summed E-state index contributed by atoms with van der Waals surface area (Å²) in [7, 11) is 0. The molecule has 0 spiro atoms. The van der Waals surface area contributed by atoms with Crippen LogP contribution in [0.25, 0.3) is 22.7 Å². The average Bonchev–Trinajstić information content (AvgIpc) is 3.01. The second-order valence-electron chi connectivity index (χ2n) is 5.45. The van der Waals surface area contributed by atoms with Gasteiger partial charge in [-0.25, -0.2) is 0 Å². The average molecular weight is 292 g/mol. The first-order valence-corrected chi connectivity index (χ1v) is 7.40. The minimum atomic E-state index is 0.510. The number of hydrogen-bond donors (Lipinski definition) is 1. The van der Waals surface area contributed by atoms with E-state index in [4.69, 9.17) is 4.52 Å². The van der Waals surface area contributed by atoms with Gasteiger partial charge in [-0.05, 0) is 43.1 Å². The Labute approximate surface area is 128 Å². The van der Waals surface area contributed by atoms with E-state index in [1.807, 2.05) is 12.1 Å². The van der Waals surface area contributed by atoms with Gasteiger partial charge < -0.3 is 9.84 Å². The molecule has 0 radical (unpaired) electrons. The first-order chi connectivity index (χ1) is 10.8. The molecule has 0 saturated carbocycles. The summed E-state index contributed by atoms with van der Waals surface area (Å²) in [4.78, 5) is 8.82. The van der Waals surface area contributed by atoms with Gasteiger partial charge in [0.25, 0.3) is 5.89 Å². The standard InChI is InChI=1S/C17H16N4O/c1-11-20-17(22-21-11)13-5-6-16(19-10-13)15-4-2-3-12-9-18-8-7-14(12)15/h2-6,10,18H,7-9H2,1H3. The Morgan fingerprint density at radius 3 is 2.91 bits per heavy atom. The van der Waals surface area contributed by atoms with Crippen molar-refractivity contribution in [1.82, 2.24) is 20.4 Å². The fraction of sp³-hybridized carbons (Fsp3) is 0.235. The summed E-state index contributed by atoms with van der Waals surface area (Å²) < 4.78 is 5.18. The molecule has 0 bridgehead atoms. The number of nitrogens with one attached hydrogen (secondary N) is 1. The van der Waals surface area contributed by atoms with Crippen molar-refractivity contribution in [3.05, 3.63) is 53.5 Å². The van der Waals surface area contributed by atoms with E-state index in [0.29, 0.717) is 11.7 Å². The fourth-order valence-corrected chi connectivity index (χ4v) is 2.87. The Morgan fingerprint density at radius 1 is 1.18 bits per heavy atom. The molecular weight excluding hydrogens is 276 g/mol. The molecule has 22 heavy (non-hydrogen) atoms. The van der Waals surface area contributed by atoms with E-state index < -0.39 is 0 Å². The highest BCUT2D eigenvalue weighted by Gasteiger charge is 2.15. The lowest BCUT2D eigenvalue weighted by atomic mass is 9.93. The van der Waals surface area contributed by atoms with Gasteiger partial charge in [-0.15, -0.1) is 0 Å². The molecule has 4 rings (SSSR count). The van der Waals surface area contributed by atoms with Gasteiger partial charge in [0.2, 0.25) is 0 Å². The molecule has 1 N–H and O–H groups in total. The maximum Gasteiger partial charge on any atom is 0.259 e. The van der Waals surface area contributed by atoms with Crippen molar-refractivity contribution in [3.8, 4) is 22.7 Å². The molecule has 3 aromatic rings. The van der Waals surface area contributed by atoms with Crippen LogP contribution in [0, 0.1) is 6.92 Å². The third-order valence-electron chi connectivity index (χ3n) is 3.95. The van der Waals surface area contributed by atoms with Gasteiger partial charge in [-0.2, -0.15) is 4.98 Å². The predicted molar refractivity (Wildman–Crippen MR) is 83.1 cm³/mol. The van der Waals surface area contributed by atoms with Crippen molar-refractivity contribution in [2.45, 2.75) is 19.9 Å². The molecule has 5 heteroatoms. The quantitative estimate of drug-likeness (QED) is 0.787. The molecule has 1 aliphatic heterocycles. The van der Waals surface area contributed by atoms with Crippen molar-refractivity contribution in [1.29, 1.82) is 0 Å². The first-order valence-electron chi connectivity index (χ1n) is 7.40. The number of pyridine rings is 1. The van der Waals surface area contributed by atoms with E-state index in [1.165, 1.54) is 16.7 Å². The van der Waals surface area contributed by atoms with Crippen molar-refractivity contribution in [2.75, 3.05) is 6.54 Å². The van der Waals surface area contributed by atoms with E-state index in [9.17, 15) is 0 Å². The second kappa shape index (κ2) is 5.35. The molecule has 1 aromatic carbocycles. The van der Waals surface area contributed by atoms with Crippen LogP contribution in [0.1, 0.15) is 17.0 Å². The van der Waals surface area contributed by atoms with Crippen LogP contribution in [0.15, 0.2) is 41.1 Å².